The van der Waals surface area contributed by atoms with Crippen LogP contribution in [0.5, 0.6) is 0 Å². The van der Waals surface area contributed by atoms with E-state index in [2.05, 4.69) is 29.2 Å². The number of rotatable bonds is 3. The standard InChI is InChI=1S/C21H27N7O/c1-14(2)19-23-17-15(3)25-26(4)18(17)20(24-19)27-10-12-28(13-11-27)21(29)22-16-8-6-5-7-9-16/h5-9,14H,10-13H2,1-4H3,(H,22,29). The number of nitrogens with zero attached hydrogens (tertiary/aromatic N) is 6. The first kappa shape index (κ1) is 19.2. The van der Waals surface area contributed by atoms with Crippen molar-refractivity contribution in [2.45, 2.75) is 26.7 Å². The van der Waals surface area contributed by atoms with Crippen molar-refractivity contribution < 1.29 is 4.79 Å². The molecular formula is C21H27N7O. The monoisotopic (exact) mass is 393 g/mol. The smallest absolute Gasteiger partial charge is 0.321 e. The Balaban J connectivity index is 1.54. The van der Waals surface area contributed by atoms with Crippen molar-refractivity contribution in [3.63, 3.8) is 0 Å². The van der Waals surface area contributed by atoms with Crippen LogP contribution in [0.15, 0.2) is 30.3 Å². The number of hydrogen-bond donors (Lipinski definition) is 1. The molecule has 29 heavy (non-hydrogen) atoms. The molecule has 1 aliphatic rings. The Morgan fingerprint density at radius 2 is 1.76 bits per heavy atom. The van der Waals surface area contributed by atoms with Gasteiger partial charge in [0.2, 0.25) is 0 Å². The predicted molar refractivity (Wildman–Crippen MR) is 114 cm³/mol. The fraction of sp³-hybridized carbons (Fsp3) is 0.429. The molecule has 3 heterocycles. The van der Waals surface area contributed by atoms with Gasteiger partial charge in [0.15, 0.2) is 5.82 Å². The molecule has 1 aromatic carbocycles. The first-order valence-corrected chi connectivity index (χ1v) is 10.0. The van der Waals surface area contributed by atoms with Crippen LogP contribution in [0.2, 0.25) is 0 Å². The summed E-state index contributed by atoms with van der Waals surface area (Å²) in [5.74, 6) is 1.97. The van der Waals surface area contributed by atoms with E-state index < -0.39 is 0 Å². The molecule has 2 aromatic heterocycles. The molecule has 0 spiro atoms. The predicted octanol–water partition coefficient (Wildman–Crippen LogP) is 3.15. The zero-order valence-electron chi connectivity index (χ0n) is 17.4. The summed E-state index contributed by atoms with van der Waals surface area (Å²) in [6.07, 6.45) is 0. The first-order chi connectivity index (χ1) is 13.9. The van der Waals surface area contributed by atoms with Gasteiger partial charge in [-0.1, -0.05) is 32.0 Å². The van der Waals surface area contributed by atoms with E-state index in [1.807, 2.05) is 53.9 Å². The molecule has 152 valence electrons. The minimum Gasteiger partial charge on any atom is -0.351 e. The summed E-state index contributed by atoms with van der Waals surface area (Å²) in [6.45, 7) is 8.89. The van der Waals surface area contributed by atoms with Gasteiger partial charge >= 0.3 is 6.03 Å². The van der Waals surface area contributed by atoms with Crippen LogP contribution in [0.25, 0.3) is 11.0 Å². The summed E-state index contributed by atoms with van der Waals surface area (Å²) in [5.41, 5.74) is 3.58. The van der Waals surface area contributed by atoms with Gasteiger partial charge in [-0.2, -0.15) is 5.10 Å². The number of carbonyl (C=O) groups excluding carboxylic acids is 1. The van der Waals surface area contributed by atoms with Crippen LogP contribution in [0.1, 0.15) is 31.3 Å². The molecule has 0 aliphatic carbocycles. The molecule has 1 aliphatic heterocycles. The van der Waals surface area contributed by atoms with Crippen LogP contribution in [0, 0.1) is 6.92 Å². The SMILES string of the molecule is Cc1nn(C)c2c(N3CCN(C(=O)Nc4ccccc4)CC3)nc(C(C)C)nc12. The summed E-state index contributed by atoms with van der Waals surface area (Å²) in [4.78, 5) is 26.3. The van der Waals surface area contributed by atoms with Gasteiger partial charge < -0.3 is 15.1 Å². The van der Waals surface area contributed by atoms with Gasteiger partial charge in [0.05, 0.1) is 5.69 Å². The van der Waals surface area contributed by atoms with Gasteiger partial charge in [-0.25, -0.2) is 14.8 Å². The van der Waals surface area contributed by atoms with Crippen LogP contribution < -0.4 is 10.2 Å². The van der Waals surface area contributed by atoms with Crippen molar-refractivity contribution in [3.8, 4) is 0 Å². The number of benzene rings is 1. The van der Waals surface area contributed by atoms with E-state index in [0.29, 0.717) is 13.1 Å². The highest BCUT2D eigenvalue weighted by Gasteiger charge is 2.26. The van der Waals surface area contributed by atoms with E-state index in [-0.39, 0.29) is 11.9 Å². The van der Waals surface area contributed by atoms with Crippen LogP contribution in [0.3, 0.4) is 0 Å². The lowest BCUT2D eigenvalue weighted by Crippen LogP contribution is -2.50. The first-order valence-electron chi connectivity index (χ1n) is 10.0. The van der Waals surface area contributed by atoms with Gasteiger partial charge in [-0.3, -0.25) is 4.68 Å². The maximum Gasteiger partial charge on any atom is 0.321 e. The summed E-state index contributed by atoms with van der Waals surface area (Å²) < 4.78 is 1.86. The number of para-hydroxylation sites is 1. The highest BCUT2D eigenvalue weighted by Crippen LogP contribution is 2.28. The molecule has 0 unspecified atom stereocenters. The van der Waals surface area contributed by atoms with Crippen molar-refractivity contribution >= 4 is 28.6 Å². The fourth-order valence-corrected chi connectivity index (χ4v) is 3.66. The van der Waals surface area contributed by atoms with Crippen LogP contribution >= 0.6 is 0 Å². The minimum absolute atomic E-state index is 0.0667. The van der Waals surface area contributed by atoms with Crippen molar-refractivity contribution in [3.05, 3.63) is 41.9 Å². The number of piperazine rings is 1. The van der Waals surface area contributed by atoms with Gasteiger partial charge in [0, 0.05) is 44.8 Å². The van der Waals surface area contributed by atoms with Crippen LogP contribution in [-0.4, -0.2) is 56.9 Å². The van der Waals surface area contributed by atoms with Crippen LogP contribution in [-0.2, 0) is 7.05 Å². The lowest BCUT2D eigenvalue weighted by molar-refractivity contribution is 0.208. The molecule has 1 saturated heterocycles. The van der Waals surface area contributed by atoms with E-state index >= 15 is 0 Å². The average Bonchev–Trinajstić information content (AvgIpc) is 3.02. The number of carbonyl (C=O) groups is 1. The molecule has 8 nitrogen and oxygen atoms in total. The molecule has 0 bridgehead atoms. The average molecular weight is 393 g/mol. The number of aryl methyl sites for hydroxylation is 2. The van der Waals surface area contributed by atoms with Crippen molar-refractivity contribution in [1.82, 2.24) is 24.6 Å². The third kappa shape index (κ3) is 3.74. The quantitative estimate of drug-likeness (QED) is 0.739. The molecule has 0 atom stereocenters. The topological polar surface area (TPSA) is 79.2 Å². The van der Waals surface area contributed by atoms with Gasteiger partial charge in [0.1, 0.15) is 16.9 Å². The Morgan fingerprint density at radius 1 is 1.07 bits per heavy atom. The Morgan fingerprint density at radius 3 is 2.41 bits per heavy atom. The van der Waals surface area contributed by atoms with Gasteiger partial charge in [0.25, 0.3) is 0 Å². The molecule has 4 rings (SSSR count). The van der Waals surface area contributed by atoms with Crippen LogP contribution in [0.4, 0.5) is 16.3 Å². The molecule has 1 fully saturated rings. The molecular weight excluding hydrogens is 366 g/mol. The third-order valence-electron chi connectivity index (χ3n) is 5.26. The van der Waals surface area contributed by atoms with E-state index in [1.54, 1.807) is 0 Å². The maximum absolute atomic E-state index is 12.6. The zero-order chi connectivity index (χ0) is 20.5. The van der Waals surface area contributed by atoms with E-state index in [0.717, 1.165) is 47.1 Å². The molecule has 0 radical (unpaired) electrons. The summed E-state index contributed by atoms with van der Waals surface area (Å²) in [7, 11) is 1.93. The number of anilines is 2. The summed E-state index contributed by atoms with van der Waals surface area (Å²) >= 11 is 0. The number of hydrogen-bond acceptors (Lipinski definition) is 5. The zero-order valence-corrected chi connectivity index (χ0v) is 17.4. The van der Waals surface area contributed by atoms with E-state index in [9.17, 15) is 4.79 Å². The minimum atomic E-state index is -0.0667. The van der Waals surface area contributed by atoms with Gasteiger partial charge in [-0.15, -0.1) is 0 Å². The number of amides is 2. The molecule has 2 amide bonds. The summed E-state index contributed by atoms with van der Waals surface area (Å²) in [6, 6.07) is 9.48. The van der Waals surface area contributed by atoms with Crippen molar-refractivity contribution in [1.29, 1.82) is 0 Å². The normalized spacial score (nSPS) is 14.7. The number of aromatic nitrogens is 4. The van der Waals surface area contributed by atoms with Gasteiger partial charge in [-0.05, 0) is 19.1 Å². The van der Waals surface area contributed by atoms with Crippen molar-refractivity contribution in [2.75, 3.05) is 36.4 Å². The van der Waals surface area contributed by atoms with Crippen molar-refractivity contribution in [2.24, 2.45) is 7.05 Å². The lowest BCUT2D eigenvalue weighted by atomic mass is 10.2. The molecule has 8 heteroatoms. The third-order valence-corrected chi connectivity index (χ3v) is 5.26. The highest BCUT2D eigenvalue weighted by atomic mass is 16.2. The molecule has 1 N–H and O–H groups in total. The second-order valence-electron chi connectivity index (χ2n) is 7.74. The molecule has 3 aromatic rings. The highest BCUT2D eigenvalue weighted by molar-refractivity contribution is 5.90. The summed E-state index contributed by atoms with van der Waals surface area (Å²) in [5, 5.41) is 7.51. The Bertz CT molecular complexity index is 1020. The second kappa shape index (κ2) is 7.69. The fourth-order valence-electron chi connectivity index (χ4n) is 3.66. The van der Waals surface area contributed by atoms with E-state index in [4.69, 9.17) is 9.97 Å². The number of nitrogens with one attached hydrogen (secondary N) is 1. The second-order valence-corrected chi connectivity index (χ2v) is 7.74. The Kier molecular flexibility index (Phi) is 5.08. The largest absolute Gasteiger partial charge is 0.351 e. The maximum atomic E-state index is 12.6. The Labute approximate surface area is 170 Å². The molecule has 0 saturated carbocycles. The number of fused-ring (bicyclic) bond motifs is 1. The Hall–Kier alpha value is -3.16. The number of urea groups is 1. The lowest BCUT2D eigenvalue weighted by Gasteiger charge is -2.35. The van der Waals surface area contributed by atoms with E-state index in [1.165, 1.54) is 0 Å².